The first-order valence-electron chi connectivity index (χ1n) is 8.15. The van der Waals surface area contributed by atoms with Crippen LogP contribution in [0.5, 0.6) is 5.75 Å². The molecule has 120 valence electrons. The molecule has 0 fully saturated rings. The number of benzene rings is 4. The van der Waals surface area contributed by atoms with Gasteiger partial charge in [-0.15, -0.1) is 0 Å². The van der Waals surface area contributed by atoms with Crippen molar-refractivity contribution in [3.05, 3.63) is 90.0 Å². The fourth-order valence-corrected chi connectivity index (χ4v) is 2.78. The topological polar surface area (TPSA) is 9.23 Å². The van der Waals surface area contributed by atoms with Crippen LogP contribution in [0.3, 0.4) is 0 Å². The van der Waals surface area contributed by atoms with E-state index < -0.39 is 0 Å². The molecule has 4 aromatic rings. The van der Waals surface area contributed by atoms with E-state index in [2.05, 4.69) is 86.6 Å². The zero-order chi connectivity index (χ0) is 16.9. The van der Waals surface area contributed by atoms with Gasteiger partial charge >= 0.3 is 0 Å². The van der Waals surface area contributed by atoms with Crippen molar-refractivity contribution in [2.24, 2.45) is 0 Å². The van der Waals surface area contributed by atoms with Crippen LogP contribution >= 0.6 is 0 Å². The van der Waals surface area contributed by atoms with Crippen LogP contribution in [-0.4, -0.2) is 7.11 Å². The lowest BCUT2D eigenvalue weighted by Crippen LogP contribution is -1.82. The van der Waals surface area contributed by atoms with Gasteiger partial charge in [0, 0.05) is 0 Å². The summed E-state index contributed by atoms with van der Waals surface area (Å²) in [6.45, 7) is 4.22. The molecule has 0 radical (unpaired) electrons. The summed E-state index contributed by atoms with van der Waals surface area (Å²) in [5.41, 5.74) is 2.61. The maximum atomic E-state index is 5.15. The van der Waals surface area contributed by atoms with Gasteiger partial charge in [0.2, 0.25) is 0 Å². The van der Waals surface area contributed by atoms with Crippen LogP contribution < -0.4 is 4.74 Å². The first-order valence-corrected chi connectivity index (χ1v) is 8.15. The van der Waals surface area contributed by atoms with E-state index in [-0.39, 0.29) is 0 Å². The van der Waals surface area contributed by atoms with Crippen molar-refractivity contribution in [2.45, 2.75) is 13.8 Å². The second kappa shape index (κ2) is 7.18. The van der Waals surface area contributed by atoms with Crippen molar-refractivity contribution in [3.8, 4) is 5.75 Å². The third kappa shape index (κ3) is 3.75. The van der Waals surface area contributed by atoms with E-state index in [1.54, 1.807) is 7.11 Å². The second-order valence-corrected chi connectivity index (χ2v) is 6.07. The molecule has 0 atom stereocenters. The summed E-state index contributed by atoms with van der Waals surface area (Å²) in [6.07, 6.45) is 0. The predicted molar refractivity (Wildman–Crippen MR) is 104 cm³/mol. The average molecular weight is 314 g/mol. The Balaban J connectivity index is 0.000000143. The van der Waals surface area contributed by atoms with Crippen LogP contribution in [0.15, 0.2) is 78.9 Å². The van der Waals surface area contributed by atoms with Gasteiger partial charge in [0.15, 0.2) is 0 Å². The molecule has 0 saturated heterocycles. The Kier molecular flexibility index (Phi) is 4.81. The quantitative estimate of drug-likeness (QED) is 0.400. The lowest BCUT2D eigenvalue weighted by molar-refractivity contribution is 0.415. The first kappa shape index (κ1) is 16.1. The van der Waals surface area contributed by atoms with Crippen molar-refractivity contribution in [2.75, 3.05) is 7.11 Å². The Morgan fingerprint density at radius 2 is 1.04 bits per heavy atom. The molecule has 24 heavy (non-hydrogen) atoms. The minimum Gasteiger partial charge on any atom is -0.497 e. The Labute approximate surface area is 143 Å². The minimum atomic E-state index is 0.913. The average Bonchev–Trinajstić information content (AvgIpc) is 2.61. The molecule has 0 aliphatic heterocycles. The number of rotatable bonds is 1. The SMILES string of the molecule is COc1ccc2cc(C)ccc2c1.Cc1ccc2ccccc2c1. The van der Waals surface area contributed by atoms with E-state index in [0.29, 0.717) is 0 Å². The number of hydrogen-bond donors (Lipinski definition) is 0. The number of methoxy groups -OCH3 is 1. The molecule has 0 amide bonds. The molecule has 0 spiro atoms. The van der Waals surface area contributed by atoms with Crippen LogP contribution in [0.25, 0.3) is 21.5 Å². The number of hydrogen-bond acceptors (Lipinski definition) is 1. The molecule has 0 aliphatic rings. The maximum Gasteiger partial charge on any atom is 0.119 e. The smallest absolute Gasteiger partial charge is 0.119 e. The van der Waals surface area contributed by atoms with Crippen LogP contribution in [0.2, 0.25) is 0 Å². The molecule has 0 bridgehead atoms. The minimum absolute atomic E-state index is 0.913. The van der Waals surface area contributed by atoms with E-state index in [1.165, 1.54) is 32.7 Å². The number of ether oxygens (including phenoxy) is 1. The second-order valence-electron chi connectivity index (χ2n) is 6.07. The van der Waals surface area contributed by atoms with Crippen LogP contribution in [0.1, 0.15) is 11.1 Å². The Morgan fingerprint density at radius 1 is 0.542 bits per heavy atom. The lowest BCUT2D eigenvalue weighted by Gasteiger charge is -2.02. The molecule has 0 N–H and O–H groups in total. The fourth-order valence-electron chi connectivity index (χ4n) is 2.78. The first-order chi connectivity index (χ1) is 11.7. The summed E-state index contributed by atoms with van der Waals surface area (Å²) >= 11 is 0. The van der Waals surface area contributed by atoms with Gasteiger partial charge in [0.25, 0.3) is 0 Å². The Bertz CT molecular complexity index is 970. The zero-order valence-electron chi connectivity index (χ0n) is 14.4. The van der Waals surface area contributed by atoms with Crippen molar-refractivity contribution in [3.63, 3.8) is 0 Å². The fraction of sp³-hybridized carbons (Fsp3) is 0.130. The molecule has 0 aromatic heterocycles. The van der Waals surface area contributed by atoms with Crippen molar-refractivity contribution < 1.29 is 4.74 Å². The highest BCUT2D eigenvalue weighted by Gasteiger charge is 1.95. The normalized spacial score (nSPS) is 10.3. The van der Waals surface area contributed by atoms with Gasteiger partial charge in [-0.1, -0.05) is 77.9 Å². The molecule has 0 aliphatic carbocycles. The highest BCUT2D eigenvalue weighted by atomic mass is 16.5. The third-order valence-electron chi connectivity index (χ3n) is 4.11. The van der Waals surface area contributed by atoms with Crippen LogP contribution in [0, 0.1) is 13.8 Å². The predicted octanol–water partition coefficient (Wildman–Crippen LogP) is 6.31. The van der Waals surface area contributed by atoms with E-state index >= 15 is 0 Å². The van der Waals surface area contributed by atoms with Crippen LogP contribution in [-0.2, 0) is 0 Å². The van der Waals surface area contributed by atoms with Gasteiger partial charge in [0.05, 0.1) is 7.11 Å². The number of aryl methyl sites for hydroxylation is 2. The van der Waals surface area contributed by atoms with Gasteiger partial charge in [0.1, 0.15) is 5.75 Å². The van der Waals surface area contributed by atoms with Crippen molar-refractivity contribution in [1.29, 1.82) is 0 Å². The molecular formula is C23H22O. The largest absolute Gasteiger partial charge is 0.497 e. The summed E-state index contributed by atoms with van der Waals surface area (Å²) in [5.74, 6) is 0.913. The summed E-state index contributed by atoms with van der Waals surface area (Å²) < 4.78 is 5.15. The zero-order valence-corrected chi connectivity index (χ0v) is 14.4. The van der Waals surface area contributed by atoms with E-state index in [0.717, 1.165) is 5.75 Å². The Morgan fingerprint density at radius 3 is 1.71 bits per heavy atom. The van der Waals surface area contributed by atoms with Gasteiger partial charge in [-0.05, 0) is 47.5 Å². The molecule has 4 rings (SSSR count). The monoisotopic (exact) mass is 314 g/mol. The highest BCUT2D eigenvalue weighted by molar-refractivity contribution is 5.84. The highest BCUT2D eigenvalue weighted by Crippen LogP contribution is 2.21. The van der Waals surface area contributed by atoms with Gasteiger partial charge in [-0.25, -0.2) is 0 Å². The standard InChI is InChI=1S/C12H12O.C11H10/c1-9-3-4-11-8-12(13-2)6-5-10(11)7-9;1-9-6-7-10-4-2-3-5-11(10)8-9/h3-8H,1-2H3;2-8H,1H3. The molecule has 1 nitrogen and oxygen atoms in total. The Hall–Kier alpha value is -2.80. The van der Waals surface area contributed by atoms with E-state index in [4.69, 9.17) is 4.74 Å². The van der Waals surface area contributed by atoms with E-state index in [9.17, 15) is 0 Å². The van der Waals surface area contributed by atoms with Crippen molar-refractivity contribution in [1.82, 2.24) is 0 Å². The lowest BCUT2D eigenvalue weighted by atomic mass is 10.1. The summed E-state index contributed by atoms with van der Waals surface area (Å²) in [4.78, 5) is 0. The summed E-state index contributed by atoms with van der Waals surface area (Å²) in [6, 6.07) is 27.4. The summed E-state index contributed by atoms with van der Waals surface area (Å²) in [5, 5.41) is 5.14. The van der Waals surface area contributed by atoms with Crippen molar-refractivity contribution >= 4 is 21.5 Å². The number of fused-ring (bicyclic) bond motifs is 2. The molecule has 0 heterocycles. The third-order valence-corrected chi connectivity index (χ3v) is 4.11. The van der Waals surface area contributed by atoms with E-state index in [1.807, 2.05) is 6.07 Å². The summed E-state index contributed by atoms with van der Waals surface area (Å²) in [7, 11) is 1.69. The van der Waals surface area contributed by atoms with Crippen LogP contribution in [0.4, 0.5) is 0 Å². The molecule has 0 unspecified atom stereocenters. The molecule has 1 heteroatoms. The maximum absolute atomic E-state index is 5.15. The van der Waals surface area contributed by atoms with Gasteiger partial charge in [-0.2, -0.15) is 0 Å². The van der Waals surface area contributed by atoms with Gasteiger partial charge in [-0.3, -0.25) is 0 Å². The molecular weight excluding hydrogens is 292 g/mol. The van der Waals surface area contributed by atoms with Gasteiger partial charge < -0.3 is 4.74 Å². The molecule has 4 aromatic carbocycles. The molecule has 0 saturated carbocycles.